The maximum Gasteiger partial charge on any atom is 0.268 e. The van der Waals surface area contributed by atoms with E-state index in [2.05, 4.69) is 19.9 Å². The number of thiophene rings is 2. The third-order valence-electron chi connectivity index (χ3n) is 4.29. The maximum absolute atomic E-state index is 13.2. The van der Waals surface area contributed by atoms with Crippen molar-refractivity contribution < 1.29 is 4.39 Å². The van der Waals surface area contributed by atoms with E-state index >= 15 is 0 Å². The van der Waals surface area contributed by atoms with Crippen LogP contribution in [-0.4, -0.2) is 19.9 Å². The van der Waals surface area contributed by atoms with Crippen LogP contribution >= 0.6 is 34.4 Å². The SMILES string of the molecule is O=c1[nH]c(CSc2nc3scc(-c4ccc(F)cc4)c3c(=O)[nH]2)nc2ccsc12. The molecule has 1 aromatic carbocycles. The Morgan fingerprint density at radius 1 is 1.00 bits per heavy atom. The fraction of sp³-hybridized carbons (Fsp3) is 0.0526. The first kappa shape index (κ1) is 18.2. The standard InChI is InChI=1S/C19H11FN4O2S3/c20-10-3-1-9(2-4-10)11-7-28-18-14(11)16(25)23-19(24-18)29-8-13-21-12-5-6-27-15(12)17(26)22-13/h1-7H,8H2,(H,21,22,26)(H,23,24,25). The molecule has 4 heterocycles. The Balaban J connectivity index is 1.46. The average Bonchev–Trinajstić information content (AvgIpc) is 3.34. The van der Waals surface area contributed by atoms with Gasteiger partial charge >= 0.3 is 0 Å². The van der Waals surface area contributed by atoms with Crippen LogP contribution in [0.3, 0.4) is 0 Å². The molecule has 5 rings (SSSR count). The van der Waals surface area contributed by atoms with Gasteiger partial charge in [0.25, 0.3) is 11.1 Å². The Hall–Kier alpha value is -2.82. The van der Waals surface area contributed by atoms with Gasteiger partial charge in [-0.25, -0.2) is 14.4 Å². The number of fused-ring (bicyclic) bond motifs is 2. The second-order valence-electron chi connectivity index (χ2n) is 6.14. The van der Waals surface area contributed by atoms with Crippen molar-refractivity contribution in [2.75, 3.05) is 0 Å². The van der Waals surface area contributed by atoms with Crippen molar-refractivity contribution in [3.63, 3.8) is 0 Å². The fourth-order valence-corrected chi connectivity index (χ4v) is 5.43. The maximum atomic E-state index is 13.2. The number of aromatic nitrogens is 4. The van der Waals surface area contributed by atoms with E-state index in [1.807, 2.05) is 10.8 Å². The molecular formula is C19H11FN4O2S3. The number of hydrogen-bond acceptors (Lipinski definition) is 7. The molecule has 0 bridgehead atoms. The second-order valence-corrected chi connectivity index (χ2v) is 8.88. The quantitative estimate of drug-likeness (QED) is 0.318. The number of thioether (sulfide) groups is 1. The monoisotopic (exact) mass is 442 g/mol. The normalized spacial score (nSPS) is 11.5. The number of benzene rings is 1. The summed E-state index contributed by atoms with van der Waals surface area (Å²) in [6.07, 6.45) is 0. The lowest BCUT2D eigenvalue weighted by atomic mass is 10.1. The molecule has 2 N–H and O–H groups in total. The van der Waals surface area contributed by atoms with E-state index in [0.717, 1.165) is 11.1 Å². The van der Waals surface area contributed by atoms with Gasteiger partial charge in [-0.15, -0.1) is 22.7 Å². The van der Waals surface area contributed by atoms with Crippen LogP contribution in [0.25, 0.3) is 31.6 Å². The zero-order valence-electron chi connectivity index (χ0n) is 14.6. The van der Waals surface area contributed by atoms with Gasteiger partial charge in [-0.2, -0.15) is 0 Å². The van der Waals surface area contributed by atoms with E-state index in [4.69, 9.17) is 0 Å². The third-order valence-corrected chi connectivity index (χ3v) is 6.95. The van der Waals surface area contributed by atoms with Gasteiger partial charge in [0.2, 0.25) is 0 Å². The van der Waals surface area contributed by atoms with E-state index < -0.39 is 0 Å². The molecule has 0 saturated heterocycles. The largest absolute Gasteiger partial charge is 0.309 e. The van der Waals surface area contributed by atoms with Crippen molar-refractivity contribution in [1.82, 2.24) is 19.9 Å². The molecule has 0 aliphatic rings. The molecule has 0 aliphatic carbocycles. The van der Waals surface area contributed by atoms with Crippen LogP contribution in [0, 0.1) is 5.82 Å². The van der Waals surface area contributed by atoms with Crippen molar-refractivity contribution in [3.05, 3.63) is 73.4 Å². The molecule has 5 aromatic rings. The molecule has 29 heavy (non-hydrogen) atoms. The molecule has 6 nitrogen and oxygen atoms in total. The molecular weight excluding hydrogens is 431 g/mol. The molecule has 0 unspecified atom stereocenters. The number of aromatic amines is 2. The van der Waals surface area contributed by atoms with E-state index in [1.54, 1.807) is 18.2 Å². The summed E-state index contributed by atoms with van der Waals surface area (Å²) in [4.78, 5) is 39.9. The van der Waals surface area contributed by atoms with E-state index in [1.165, 1.54) is 46.6 Å². The summed E-state index contributed by atoms with van der Waals surface area (Å²) >= 11 is 4.00. The molecule has 0 saturated carbocycles. The second kappa shape index (κ2) is 7.21. The minimum atomic E-state index is -0.328. The minimum Gasteiger partial charge on any atom is -0.309 e. The Morgan fingerprint density at radius 3 is 2.66 bits per heavy atom. The molecule has 0 spiro atoms. The Labute approximate surface area is 174 Å². The van der Waals surface area contributed by atoms with Gasteiger partial charge in [-0.1, -0.05) is 23.9 Å². The summed E-state index contributed by atoms with van der Waals surface area (Å²) in [6, 6.07) is 7.81. The smallest absolute Gasteiger partial charge is 0.268 e. The van der Waals surface area contributed by atoms with Crippen LogP contribution < -0.4 is 11.1 Å². The summed E-state index contributed by atoms with van der Waals surface area (Å²) < 4.78 is 13.8. The third kappa shape index (κ3) is 3.39. The van der Waals surface area contributed by atoms with Gasteiger partial charge < -0.3 is 9.97 Å². The molecule has 0 atom stereocenters. The molecule has 0 aliphatic heterocycles. The van der Waals surface area contributed by atoms with Gasteiger partial charge in [0.05, 0.1) is 16.7 Å². The lowest BCUT2D eigenvalue weighted by molar-refractivity contribution is 0.628. The lowest BCUT2D eigenvalue weighted by Crippen LogP contribution is -2.11. The van der Waals surface area contributed by atoms with E-state index in [-0.39, 0.29) is 16.9 Å². The van der Waals surface area contributed by atoms with Crippen molar-refractivity contribution in [3.8, 4) is 11.1 Å². The van der Waals surface area contributed by atoms with E-state index in [9.17, 15) is 14.0 Å². The van der Waals surface area contributed by atoms with Crippen molar-refractivity contribution >= 4 is 54.9 Å². The van der Waals surface area contributed by atoms with Crippen molar-refractivity contribution in [1.29, 1.82) is 0 Å². The molecule has 4 aromatic heterocycles. The average molecular weight is 443 g/mol. The summed E-state index contributed by atoms with van der Waals surface area (Å²) in [6.45, 7) is 0. The van der Waals surface area contributed by atoms with Crippen LogP contribution in [0.1, 0.15) is 5.82 Å². The Morgan fingerprint density at radius 2 is 1.83 bits per heavy atom. The summed E-state index contributed by atoms with van der Waals surface area (Å²) in [5, 5.41) is 4.60. The summed E-state index contributed by atoms with van der Waals surface area (Å²) in [7, 11) is 0. The van der Waals surface area contributed by atoms with Gasteiger partial charge in [0.1, 0.15) is 21.2 Å². The highest BCUT2D eigenvalue weighted by Crippen LogP contribution is 2.31. The van der Waals surface area contributed by atoms with Crippen LogP contribution in [0.15, 0.2) is 55.8 Å². The van der Waals surface area contributed by atoms with Gasteiger partial charge in [-0.05, 0) is 29.1 Å². The molecule has 144 valence electrons. The summed E-state index contributed by atoms with van der Waals surface area (Å²) in [5.74, 6) is 0.559. The molecule has 0 radical (unpaired) electrons. The van der Waals surface area contributed by atoms with Crippen LogP contribution in [0.4, 0.5) is 4.39 Å². The number of rotatable bonds is 4. The zero-order chi connectivity index (χ0) is 20.0. The first-order valence-corrected chi connectivity index (χ1v) is 11.2. The predicted octanol–water partition coefficient (Wildman–Crippen LogP) is 4.38. The van der Waals surface area contributed by atoms with Crippen molar-refractivity contribution in [2.24, 2.45) is 0 Å². The van der Waals surface area contributed by atoms with E-state index in [0.29, 0.717) is 37.2 Å². The van der Waals surface area contributed by atoms with Gasteiger partial charge in [0.15, 0.2) is 5.16 Å². The lowest BCUT2D eigenvalue weighted by Gasteiger charge is -2.03. The number of nitrogens with zero attached hydrogens (tertiary/aromatic N) is 2. The van der Waals surface area contributed by atoms with Crippen LogP contribution in [0.5, 0.6) is 0 Å². The Bertz CT molecular complexity index is 1470. The van der Waals surface area contributed by atoms with Crippen molar-refractivity contribution in [2.45, 2.75) is 10.9 Å². The molecule has 0 amide bonds. The highest BCUT2D eigenvalue weighted by molar-refractivity contribution is 7.98. The highest BCUT2D eigenvalue weighted by Gasteiger charge is 2.14. The first-order valence-electron chi connectivity index (χ1n) is 8.45. The van der Waals surface area contributed by atoms with Crippen LogP contribution in [0.2, 0.25) is 0 Å². The minimum absolute atomic E-state index is 0.167. The van der Waals surface area contributed by atoms with Gasteiger partial charge in [-0.3, -0.25) is 9.59 Å². The number of halogens is 1. The number of nitrogens with one attached hydrogen (secondary N) is 2. The van der Waals surface area contributed by atoms with Crippen LogP contribution in [-0.2, 0) is 5.75 Å². The summed E-state index contributed by atoms with van der Waals surface area (Å²) in [5.41, 5.74) is 1.72. The number of H-pyrrole nitrogens is 2. The fourth-order valence-electron chi connectivity index (χ4n) is 2.97. The van der Waals surface area contributed by atoms with Gasteiger partial charge in [0, 0.05) is 10.9 Å². The molecule has 10 heteroatoms. The predicted molar refractivity (Wildman–Crippen MR) is 115 cm³/mol. The number of hydrogen-bond donors (Lipinski definition) is 2. The molecule has 0 fully saturated rings. The first-order chi connectivity index (χ1) is 14.1. The Kier molecular flexibility index (Phi) is 4.53. The highest BCUT2D eigenvalue weighted by atomic mass is 32.2. The zero-order valence-corrected chi connectivity index (χ0v) is 17.0. The topological polar surface area (TPSA) is 91.5 Å².